The van der Waals surface area contributed by atoms with Gasteiger partial charge in [-0.05, 0) is 49.2 Å². The third-order valence-electron chi connectivity index (χ3n) is 4.80. The maximum absolute atomic E-state index is 12.7. The average molecular weight is 377 g/mol. The summed E-state index contributed by atoms with van der Waals surface area (Å²) in [5.41, 5.74) is 0.489. The normalized spacial score (nSPS) is 16.2. The highest BCUT2D eigenvalue weighted by atomic mass is 32.2. The van der Waals surface area contributed by atoms with Crippen molar-refractivity contribution in [3.05, 3.63) is 54.4 Å². The molecule has 0 bridgehead atoms. The van der Waals surface area contributed by atoms with E-state index in [-0.39, 0.29) is 10.8 Å². The Hall–Kier alpha value is -2.16. The molecule has 26 heavy (non-hydrogen) atoms. The minimum Gasteiger partial charge on any atom is -0.351 e. The average Bonchev–Trinajstić information content (AvgIpc) is 3.21. The molecular weight excluding hydrogens is 354 g/mol. The molecule has 1 aromatic carbocycles. The van der Waals surface area contributed by atoms with Crippen LogP contribution >= 0.6 is 0 Å². The maximum Gasteiger partial charge on any atom is 0.264 e. The summed E-state index contributed by atoms with van der Waals surface area (Å²) in [6, 6.07) is 10.4. The van der Waals surface area contributed by atoms with Crippen LogP contribution in [0.4, 0.5) is 0 Å². The van der Waals surface area contributed by atoms with Crippen molar-refractivity contribution in [1.29, 1.82) is 0 Å². The zero-order valence-corrected chi connectivity index (χ0v) is 15.7. The van der Waals surface area contributed by atoms with E-state index in [2.05, 4.69) is 17.0 Å². The number of amides is 1. The van der Waals surface area contributed by atoms with E-state index in [9.17, 15) is 13.2 Å². The van der Waals surface area contributed by atoms with Crippen LogP contribution in [0.1, 0.15) is 29.2 Å². The number of rotatable bonds is 5. The number of hydroxylamine groups is 1. The Morgan fingerprint density at radius 1 is 1.12 bits per heavy atom. The number of nitrogens with zero attached hydrogens (tertiary/aromatic N) is 3. The molecule has 140 valence electrons. The first-order chi connectivity index (χ1) is 12.4. The van der Waals surface area contributed by atoms with Gasteiger partial charge < -0.3 is 9.47 Å². The van der Waals surface area contributed by atoms with Crippen molar-refractivity contribution in [2.75, 3.05) is 27.2 Å². The van der Waals surface area contributed by atoms with Gasteiger partial charge in [0.2, 0.25) is 0 Å². The number of hydrogen-bond donors (Lipinski definition) is 0. The van der Waals surface area contributed by atoms with E-state index in [4.69, 9.17) is 4.84 Å². The van der Waals surface area contributed by atoms with E-state index < -0.39 is 10.0 Å². The van der Waals surface area contributed by atoms with E-state index in [0.29, 0.717) is 24.7 Å². The van der Waals surface area contributed by atoms with Crippen molar-refractivity contribution < 1.29 is 18.0 Å². The second-order valence-corrected chi connectivity index (χ2v) is 8.21. The van der Waals surface area contributed by atoms with Gasteiger partial charge in [0.15, 0.2) is 0 Å². The van der Waals surface area contributed by atoms with Crippen LogP contribution in [0.5, 0.6) is 0 Å². The van der Waals surface area contributed by atoms with Gasteiger partial charge in [0, 0.05) is 44.1 Å². The van der Waals surface area contributed by atoms with E-state index in [1.54, 1.807) is 12.1 Å². The van der Waals surface area contributed by atoms with Crippen molar-refractivity contribution >= 4 is 15.9 Å². The second-order valence-electron chi connectivity index (χ2n) is 6.28. The number of likely N-dealkylation sites (tertiary alicyclic amines) is 1. The van der Waals surface area contributed by atoms with E-state index in [0.717, 1.165) is 17.3 Å². The fraction of sp³-hybridized carbons (Fsp3) is 0.389. The molecule has 1 aromatic heterocycles. The van der Waals surface area contributed by atoms with Gasteiger partial charge in [-0.2, -0.15) is 0 Å². The third-order valence-corrected chi connectivity index (χ3v) is 6.49. The van der Waals surface area contributed by atoms with Gasteiger partial charge in [-0.15, -0.1) is 0 Å². The standard InChI is InChI=1S/C18H23N3O4S/c1-19(25-2)26(23,24)17-7-5-15(6-8-17)18(22)21-13-9-16(10-14-21)20-11-3-4-12-20/h3-8,11-12,16H,9-10,13-14H2,1-2H3. The molecule has 8 heteroatoms. The Kier molecular flexibility index (Phi) is 5.45. The fourth-order valence-electron chi connectivity index (χ4n) is 3.16. The Bertz CT molecular complexity index is 839. The van der Waals surface area contributed by atoms with Gasteiger partial charge in [-0.25, -0.2) is 8.42 Å². The van der Waals surface area contributed by atoms with Crippen LogP contribution in [0.25, 0.3) is 0 Å². The SMILES string of the molecule is CON(C)S(=O)(=O)c1ccc(C(=O)N2CCC(n3cccc3)CC2)cc1. The summed E-state index contributed by atoms with van der Waals surface area (Å²) in [6.07, 6.45) is 5.92. The Balaban J connectivity index is 1.66. The lowest BCUT2D eigenvalue weighted by molar-refractivity contribution is -0.0258. The molecule has 0 aliphatic carbocycles. The van der Waals surface area contributed by atoms with Gasteiger partial charge in [-0.3, -0.25) is 9.63 Å². The first-order valence-electron chi connectivity index (χ1n) is 8.48. The van der Waals surface area contributed by atoms with Gasteiger partial charge >= 0.3 is 0 Å². The lowest BCUT2D eigenvalue weighted by Gasteiger charge is -2.33. The summed E-state index contributed by atoms with van der Waals surface area (Å²) < 4.78 is 27.4. The van der Waals surface area contributed by atoms with Crippen LogP contribution < -0.4 is 0 Å². The molecule has 1 aliphatic heterocycles. The summed E-state index contributed by atoms with van der Waals surface area (Å²) in [5.74, 6) is -0.0694. The number of benzene rings is 1. The van der Waals surface area contributed by atoms with E-state index in [1.165, 1.54) is 26.3 Å². The number of carbonyl (C=O) groups is 1. The molecule has 2 heterocycles. The molecule has 2 aromatic rings. The molecule has 0 atom stereocenters. The van der Waals surface area contributed by atoms with Crippen LogP contribution in [0.2, 0.25) is 0 Å². The smallest absolute Gasteiger partial charge is 0.264 e. The van der Waals surface area contributed by atoms with Crippen LogP contribution in [0, 0.1) is 0 Å². The summed E-state index contributed by atoms with van der Waals surface area (Å²) in [7, 11) is -1.10. The maximum atomic E-state index is 12.7. The molecule has 0 spiro atoms. The number of hydrogen-bond acceptors (Lipinski definition) is 4. The molecule has 3 rings (SSSR count). The Morgan fingerprint density at radius 3 is 2.23 bits per heavy atom. The molecule has 0 N–H and O–H groups in total. The summed E-state index contributed by atoms with van der Waals surface area (Å²) in [6.45, 7) is 1.38. The minimum atomic E-state index is -3.71. The third kappa shape index (κ3) is 3.67. The highest BCUT2D eigenvalue weighted by Crippen LogP contribution is 2.24. The van der Waals surface area contributed by atoms with Crippen molar-refractivity contribution in [3.8, 4) is 0 Å². The molecule has 1 amide bonds. The molecule has 7 nitrogen and oxygen atoms in total. The van der Waals surface area contributed by atoms with Crippen molar-refractivity contribution in [1.82, 2.24) is 13.9 Å². The predicted octanol–water partition coefficient (Wildman–Crippen LogP) is 2.15. The molecular formula is C18H23N3O4S. The van der Waals surface area contributed by atoms with Crippen LogP contribution in [0.15, 0.2) is 53.7 Å². The second kappa shape index (κ2) is 7.61. The molecule has 0 saturated carbocycles. The Labute approximate surface area is 153 Å². The first-order valence-corrected chi connectivity index (χ1v) is 9.92. The van der Waals surface area contributed by atoms with Crippen LogP contribution in [0.3, 0.4) is 0 Å². The highest BCUT2D eigenvalue weighted by Gasteiger charge is 2.25. The molecule has 0 radical (unpaired) electrons. The summed E-state index contributed by atoms with van der Waals surface area (Å²) in [4.78, 5) is 19.3. The van der Waals surface area contributed by atoms with Crippen LogP contribution in [-0.2, 0) is 14.9 Å². The van der Waals surface area contributed by atoms with Crippen molar-refractivity contribution in [3.63, 3.8) is 0 Å². The van der Waals surface area contributed by atoms with E-state index in [1.807, 2.05) is 17.0 Å². The number of carbonyl (C=O) groups excluding carboxylic acids is 1. The van der Waals surface area contributed by atoms with Gasteiger partial charge in [0.05, 0.1) is 12.0 Å². The molecule has 1 fully saturated rings. The summed E-state index contributed by atoms with van der Waals surface area (Å²) in [5, 5.41) is 0. The Morgan fingerprint density at radius 2 is 1.69 bits per heavy atom. The molecule has 1 saturated heterocycles. The van der Waals surface area contributed by atoms with Gasteiger partial charge in [0.1, 0.15) is 0 Å². The largest absolute Gasteiger partial charge is 0.351 e. The monoisotopic (exact) mass is 377 g/mol. The van der Waals surface area contributed by atoms with Crippen molar-refractivity contribution in [2.24, 2.45) is 0 Å². The number of piperidine rings is 1. The predicted molar refractivity (Wildman–Crippen MR) is 97.0 cm³/mol. The zero-order valence-electron chi connectivity index (χ0n) is 14.9. The van der Waals surface area contributed by atoms with Gasteiger partial charge in [-0.1, -0.05) is 4.47 Å². The fourth-order valence-corrected chi connectivity index (χ4v) is 4.13. The summed E-state index contributed by atoms with van der Waals surface area (Å²) >= 11 is 0. The molecule has 1 aliphatic rings. The van der Waals surface area contributed by atoms with Crippen LogP contribution in [-0.4, -0.2) is 55.5 Å². The van der Waals surface area contributed by atoms with Gasteiger partial charge in [0.25, 0.3) is 15.9 Å². The number of sulfonamides is 1. The zero-order chi connectivity index (χ0) is 18.7. The minimum absolute atomic E-state index is 0.0694. The highest BCUT2D eigenvalue weighted by molar-refractivity contribution is 7.89. The lowest BCUT2D eigenvalue weighted by Crippen LogP contribution is -2.38. The lowest BCUT2D eigenvalue weighted by atomic mass is 10.0. The quantitative estimate of drug-likeness (QED) is 0.749. The van der Waals surface area contributed by atoms with E-state index >= 15 is 0 Å². The number of aromatic nitrogens is 1. The van der Waals surface area contributed by atoms with Crippen molar-refractivity contribution in [2.45, 2.75) is 23.8 Å². The topological polar surface area (TPSA) is 71.8 Å². The molecule has 0 unspecified atom stereocenters. The first kappa shape index (κ1) is 18.6.